The lowest BCUT2D eigenvalue weighted by molar-refractivity contribution is 0.0712. The molecular weight excluding hydrogens is 342 g/mol. The Morgan fingerprint density at radius 1 is 0.926 bits per heavy atom. The average molecular weight is 359 g/mol. The fourth-order valence-electron chi connectivity index (χ4n) is 3.02. The molecule has 2 aromatic carbocycles. The summed E-state index contributed by atoms with van der Waals surface area (Å²) in [4.78, 5) is 27.0. The van der Waals surface area contributed by atoms with E-state index in [1.165, 1.54) is 0 Å². The molecule has 6 heteroatoms. The van der Waals surface area contributed by atoms with Gasteiger partial charge in [-0.25, -0.2) is 5.10 Å². The number of nitrogens with one attached hydrogen (secondary N) is 1. The number of H-pyrrole nitrogens is 1. The molecule has 0 saturated heterocycles. The van der Waals surface area contributed by atoms with Crippen molar-refractivity contribution in [3.63, 3.8) is 0 Å². The number of amides is 1. The van der Waals surface area contributed by atoms with Gasteiger partial charge >= 0.3 is 0 Å². The molecule has 0 unspecified atom stereocenters. The molecule has 0 atom stereocenters. The van der Waals surface area contributed by atoms with E-state index in [0.29, 0.717) is 29.6 Å². The number of hydrogen-bond acceptors (Lipinski definition) is 4. The maximum atomic E-state index is 13.3. The molecule has 27 heavy (non-hydrogen) atoms. The molecule has 4 aromatic rings. The van der Waals surface area contributed by atoms with E-state index < -0.39 is 0 Å². The number of furan rings is 1. The van der Waals surface area contributed by atoms with Crippen LogP contribution >= 0.6 is 0 Å². The standard InChI is InChI=1S/C21H17N3O3/c25-20-18-11-5-4-10-17(18)19(22-23-20)21(26)24(14-16-9-6-12-27-16)13-15-7-2-1-3-8-15/h1-12H,13-14H2,(H,23,25). The van der Waals surface area contributed by atoms with Crippen LogP contribution in [-0.4, -0.2) is 21.0 Å². The third-order valence-corrected chi connectivity index (χ3v) is 4.33. The van der Waals surface area contributed by atoms with E-state index in [4.69, 9.17) is 4.42 Å². The SMILES string of the molecule is O=C(c1n[nH]c(=O)c2ccccc12)N(Cc1ccccc1)Cc1ccco1. The van der Waals surface area contributed by atoms with Crippen molar-refractivity contribution in [1.82, 2.24) is 15.1 Å². The van der Waals surface area contributed by atoms with Crippen LogP contribution in [0.15, 0.2) is 82.2 Å². The van der Waals surface area contributed by atoms with Crippen LogP contribution in [0.1, 0.15) is 21.8 Å². The minimum absolute atomic E-state index is 0.215. The number of carbonyl (C=O) groups excluding carboxylic acids is 1. The monoisotopic (exact) mass is 359 g/mol. The molecule has 0 fully saturated rings. The summed E-state index contributed by atoms with van der Waals surface area (Å²) in [5.41, 5.74) is 0.890. The number of carbonyl (C=O) groups is 1. The zero-order valence-corrected chi connectivity index (χ0v) is 14.5. The van der Waals surface area contributed by atoms with Crippen molar-refractivity contribution >= 4 is 16.7 Å². The van der Waals surface area contributed by atoms with Crippen LogP contribution < -0.4 is 5.56 Å². The number of benzene rings is 2. The summed E-state index contributed by atoms with van der Waals surface area (Å²) in [5.74, 6) is 0.399. The van der Waals surface area contributed by atoms with E-state index in [-0.39, 0.29) is 17.2 Å². The first-order chi connectivity index (χ1) is 13.2. The predicted molar refractivity (Wildman–Crippen MR) is 101 cm³/mol. The molecule has 0 aliphatic heterocycles. The summed E-state index contributed by atoms with van der Waals surface area (Å²) in [7, 11) is 0. The Morgan fingerprint density at radius 3 is 2.41 bits per heavy atom. The molecule has 0 aliphatic rings. The minimum atomic E-state index is -0.317. The maximum absolute atomic E-state index is 13.3. The van der Waals surface area contributed by atoms with Crippen molar-refractivity contribution in [2.24, 2.45) is 0 Å². The Morgan fingerprint density at radius 2 is 1.67 bits per heavy atom. The van der Waals surface area contributed by atoms with Gasteiger partial charge in [0.15, 0.2) is 5.69 Å². The van der Waals surface area contributed by atoms with Gasteiger partial charge in [0, 0.05) is 11.9 Å². The van der Waals surface area contributed by atoms with Crippen LogP contribution in [-0.2, 0) is 13.1 Å². The number of fused-ring (bicyclic) bond motifs is 1. The molecule has 134 valence electrons. The lowest BCUT2D eigenvalue weighted by Gasteiger charge is -2.22. The van der Waals surface area contributed by atoms with Gasteiger partial charge in [0.2, 0.25) is 0 Å². The normalized spacial score (nSPS) is 10.8. The molecule has 0 bridgehead atoms. The zero-order valence-electron chi connectivity index (χ0n) is 14.5. The average Bonchev–Trinajstić information content (AvgIpc) is 3.21. The zero-order chi connectivity index (χ0) is 18.6. The maximum Gasteiger partial charge on any atom is 0.275 e. The molecule has 2 heterocycles. The summed E-state index contributed by atoms with van der Waals surface area (Å²) in [6.07, 6.45) is 1.58. The summed E-state index contributed by atoms with van der Waals surface area (Å²) in [6, 6.07) is 20.3. The number of hydrogen-bond donors (Lipinski definition) is 1. The molecule has 1 N–H and O–H groups in total. The highest BCUT2D eigenvalue weighted by Crippen LogP contribution is 2.18. The third-order valence-electron chi connectivity index (χ3n) is 4.33. The van der Waals surface area contributed by atoms with Crippen molar-refractivity contribution in [1.29, 1.82) is 0 Å². The van der Waals surface area contributed by atoms with Crippen LogP contribution in [0.5, 0.6) is 0 Å². The Labute approximate surface area is 155 Å². The second kappa shape index (κ2) is 7.29. The van der Waals surface area contributed by atoms with Gasteiger partial charge < -0.3 is 9.32 Å². The van der Waals surface area contributed by atoms with Crippen LogP contribution in [0.25, 0.3) is 10.8 Å². The first-order valence-electron chi connectivity index (χ1n) is 8.55. The highest BCUT2D eigenvalue weighted by molar-refractivity contribution is 6.04. The van der Waals surface area contributed by atoms with Gasteiger partial charge in [0.1, 0.15) is 5.76 Å². The van der Waals surface area contributed by atoms with E-state index in [1.807, 2.05) is 36.4 Å². The fraction of sp³-hybridized carbons (Fsp3) is 0.0952. The van der Waals surface area contributed by atoms with E-state index in [2.05, 4.69) is 10.2 Å². The first-order valence-corrected chi connectivity index (χ1v) is 8.55. The fourth-order valence-corrected chi connectivity index (χ4v) is 3.02. The molecule has 1 amide bonds. The molecule has 0 radical (unpaired) electrons. The lowest BCUT2D eigenvalue weighted by atomic mass is 10.1. The smallest absolute Gasteiger partial charge is 0.275 e. The van der Waals surface area contributed by atoms with Crippen molar-refractivity contribution in [3.05, 3.63) is 100 Å². The summed E-state index contributed by atoms with van der Waals surface area (Å²) >= 11 is 0. The highest BCUT2D eigenvalue weighted by atomic mass is 16.3. The quantitative estimate of drug-likeness (QED) is 0.593. The van der Waals surface area contributed by atoms with Gasteiger partial charge in [0.25, 0.3) is 11.5 Å². The summed E-state index contributed by atoms with van der Waals surface area (Å²) < 4.78 is 5.42. The van der Waals surface area contributed by atoms with Gasteiger partial charge in [-0.15, -0.1) is 0 Å². The highest BCUT2D eigenvalue weighted by Gasteiger charge is 2.22. The van der Waals surface area contributed by atoms with Gasteiger partial charge in [-0.2, -0.15) is 5.10 Å². The summed E-state index contributed by atoms with van der Waals surface area (Å²) in [5, 5.41) is 7.43. The molecule has 0 aliphatic carbocycles. The van der Waals surface area contributed by atoms with E-state index in [9.17, 15) is 9.59 Å². The van der Waals surface area contributed by atoms with Crippen LogP contribution in [0.2, 0.25) is 0 Å². The van der Waals surface area contributed by atoms with Crippen molar-refractivity contribution < 1.29 is 9.21 Å². The number of aromatic nitrogens is 2. The third kappa shape index (κ3) is 3.50. The van der Waals surface area contributed by atoms with Crippen LogP contribution in [0.3, 0.4) is 0 Å². The van der Waals surface area contributed by atoms with Crippen molar-refractivity contribution in [3.8, 4) is 0 Å². The molecule has 0 saturated carbocycles. The first kappa shape index (κ1) is 16.8. The second-order valence-electron chi connectivity index (χ2n) is 6.17. The topological polar surface area (TPSA) is 79.2 Å². The molecule has 0 spiro atoms. The number of rotatable bonds is 5. The largest absolute Gasteiger partial charge is 0.467 e. The van der Waals surface area contributed by atoms with E-state index >= 15 is 0 Å². The van der Waals surface area contributed by atoms with Gasteiger partial charge in [-0.3, -0.25) is 9.59 Å². The molecular formula is C21H17N3O3. The number of aromatic amines is 1. The summed E-state index contributed by atoms with van der Waals surface area (Å²) in [6.45, 7) is 0.700. The molecule has 6 nitrogen and oxygen atoms in total. The lowest BCUT2D eigenvalue weighted by Crippen LogP contribution is -2.31. The Bertz CT molecular complexity index is 1120. The second-order valence-corrected chi connectivity index (χ2v) is 6.17. The molecule has 2 aromatic heterocycles. The van der Waals surface area contributed by atoms with Gasteiger partial charge in [0.05, 0.1) is 18.2 Å². The van der Waals surface area contributed by atoms with Crippen LogP contribution in [0.4, 0.5) is 0 Å². The van der Waals surface area contributed by atoms with Crippen molar-refractivity contribution in [2.75, 3.05) is 0 Å². The van der Waals surface area contributed by atoms with E-state index in [1.54, 1.807) is 41.5 Å². The van der Waals surface area contributed by atoms with Gasteiger partial charge in [-0.1, -0.05) is 48.5 Å². The van der Waals surface area contributed by atoms with Crippen LogP contribution in [0, 0.1) is 0 Å². The Balaban J connectivity index is 1.74. The van der Waals surface area contributed by atoms with Crippen molar-refractivity contribution in [2.45, 2.75) is 13.1 Å². The molecule has 4 rings (SSSR count). The predicted octanol–water partition coefficient (Wildman–Crippen LogP) is 3.36. The number of nitrogens with zero attached hydrogens (tertiary/aromatic N) is 2. The van der Waals surface area contributed by atoms with E-state index in [0.717, 1.165) is 5.56 Å². The minimum Gasteiger partial charge on any atom is -0.467 e. The Kier molecular flexibility index (Phi) is 4.53. The van der Waals surface area contributed by atoms with Gasteiger partial charge in [-0.05, 0) is 23.8 Å². The Hall–Kier alpha value is -3.67.